The van der Waals surface area contributed by atoms with Gasteiger partial charge in [0, 0.05) is 19.1 Å². The van der Waals surface area contributed by atoms with Gasteiger partial charge in [0.25, 0.3) is 0 Å². The molecule has 7 heteroatoms. The van der Waals surface area contributed by atoms with Crippen LogP contribution in [0.25, 0.3) is 0 Å². The molecule has 1 aromatic rings. The zero-order valence-corrected chi connectivity index (χ0v) is 12.2. The monoisotopic (exact) mass is 310 g/mol. The SMILES string of the molecule is Cl.Cl.NC1C[C@@H]2CN(c3ccc(Cl)nn3)C[C@H]2C1. The average Bonchev–Trinajstić information content (AvgIpc) is 2.75. The van der Waals surface area contributed by atoms with Crippen LogP contribution in [0.15, 0.2) is 12.1 Å². The van der Waals surface area contributed by atoms with Gasteiger partial charge in [-0.25, -0.2) is 0 Å². The number of nitrogens with zero attached hydrogens (tertiary/aromatic N) is 3. The summed E-state index contributed by atoms with van der Waals surface area (Å²) in [5.41, 5.74) is 5.97. The summed E-state index contributed by atoms with van der Waals surface area (Å²) >= 11 is 5.72. The van der Waals surface area contributed by atoms with Gasteiger partial charge in [0.05, 0.1) is 0 Å². The molecule has 0 bridgehead atoms. The molecule has 1 saturated heterocycles. The minimum absolute atomic E-state index is 0. The molecular weight excluding hydrogens is 295 g/mol. The van der Waals surface area contributed by atoms with Gasteiger partial charge in [-0.15, -0.1) is 35.0 Å². The zero-order chi connectivity index (χ0) is 11.1. The van der Waals surface area contributed by atoms with Crippen LogP contribution in [0.1, 0.15) is 12.8 Å². The molecule has 2 N–H and O–H groups in total. The molecule has 102 valence electrons. The maximum atomic E-state index is 5.97. The highest BCUT2D eigenvalue weighted by atomic mass is 35.5. The Hall–Kier alpha value is -0.290. The van der Waals surface area contributed by atoms with Crippen molar-refractivity contribution in [3.63, 3.8) is 0 Å². The number of nitrogens with two attached hydrogens (primary N) is 1. The highest BCUT2D eigenvalue weighted by Crippen LogP contribution is 2.38. The predicted octanol–water partition coefficient (Wildman–Crippen LogP) is 2.15. The van der Waals surface area contributed by atoms with Crippen molar-refractivity contribution < 1.29 is 0 Å². The lowest BCUT2D eigenvalue weighted by Crippen LogP contribution is -2.25. The Bertz CT molecular complexity index is 372. The zero-order valence-electron chi connectivity index (χ0n) is 9.83. The summed E-state index contributed by atoms with van der Waals surface area (Å²) in [7, 11) is 0. The van der Waals surface area contributed by atoms with Crippen LogP contribution in [0.3, 0.4) is 0 Å². The summed E-state index contributed by atoms with van der Waals surface area (Å²) in [6.07, 6.45) is 2.31. The Balaban J connectivity index is 0.000000810. The van der Waals surface area contributed by atoms with Crippen LogP contribution in [-0.4, -0.2) is 29.3 Å². The topological polar surface area (TPSA) is 55.0 Å². The molecule has 3 rings (SSSR count). The van der Waals surface area contributed by atoms with Crippen molar-refractivity contribution in [3.05, 3.63) is 17.3 Å². The summed E-state index contributed by atoms with van der Waals surface area (Å²) in [6, 6.07) is 4.15. The fourth-order valence-corrected chi connectivity index (χ4v) is 3.11. The largest absolute Gasteiger partial charge is 0.355 e. The van der Waals surface area contributed by atoms with E-state index in [0.717, 1.165) is 43.6 Å². The molecule has 1 aliphatic heterocycles. The Labute approximate surface area is 124 Å². The normalized spacial score (nSPS) is 26.4. The van der Waals surface area contributed by atoms with Gasteiger partial charge in [-0.2, -0.15) is 0 Å². The molecule has 2 heterocycles. The molecule has 0 aromatic carbocycles. The van der Waals surface area contributed by atoms with Gasteiger partial charge in [0.1, 0.15) is 0 Å². The number of aromatic nitrogens is 2. The lowest BCUT2D eigenvalue weighted by atomic mass is 10.0. The highest BCUT2D eigenvalue weighted by molar-refractivity contribution is 6.29. The molecule has 1 saturated carbocycles. The molecule has 4 nitrogen and oxygen atoms in total. The fourth-order valence-electron chi connectivity index (χ4n) is 3.01. The summed E-state index contributed by atoms with van der Waals surface area (Å²) in [5.74, 6) is 2.42. The number of hydrogen-bond acceptors (Lipinski definition) is 4. The first kappa shape index (κ1) is 15.8. The molecule has 2 fully saturated rings. The van der Waals surface area contributed by atoms with Crippen LogP contribution in [0.2, 0.25) is 5.15 Å². The predicted molar refractivity (Wildman–Crippen MR) is 77.9 cm³/mol. The van der Waals surface area contributed by atoms with Crippen molar-refractivity contribution in [3.8, 4) is 0 Å². The van der Waals surface area contributed by atoms with Crippen molar-refractivity contribution in [1.29, 1.82) is 0 Å². The fraction of sp³-hybridized carbons (Fsp3) is 0.636. The molecule has 18 heavy (non-hydrogen) atoms. The summed E-state index contributed by atoms with van der Waals surface area (Å²) < 4.78 is 0. The van der Waals surface area contributed by atoms with Crippen molar-refractivity contribution in [1.82, 2.24) is 10.2 Å². The lowest BCUT2D eigenvalue weighted by molar-refractivity contribution is 0.494. The summed E-state index contributed by atoms with van der Waals surface area (Å²) in [4.78, 5) is 2.30. The van der Waals surface area contributed by atoms with Crippen LogP contribution < -0.4 is 10.6 Å². The maximum Gasteiger partial charge on any atom is 0.151 e. The Kier molecular flexibility index (Phi) is 5.46. The first-order valence-corrected chi connectivity index (χ1v) is 6.10. The number of anilines is 1. The molecule has 1 aliphatic carbocycles. The third kappa shape index (κ3) is 2.99. The van der Waals surface area contributed by atoms with E-state index in [1.54, 1.807) is 6.07 Å². The van der Waals surface area contributed by atoms with Crippen molar-refractivity contribution in [2.24, 2.45) is 17.6 Å². The van der Waals surface area contributed by atoms with Crippen LogP contribution in [0.5, 0.6) is 0 Å². The molecule has 0 amide bonds. The second-order valence-electron chi connectivity index (χ2n) is 4.87. The standard InChI is InChI=1S/C11H15ClN4.2ClH/c12-10-1-2-11(15-14-10)16-5-7-3-9(13)4-8(7)6-16;;/h1-2,7-9H,3-6,13H2;2*1H/t7-,8-;;/m1../s1. The minimum Gasteiger partial charge on any atom is -0.355 e. The number of hydrogen-bond donors (Lipinski definition) is 1. The van der Waals surface area contributed by atoms with Gasteiger partial charge in [0.2, 0.25) is 0 Å². The first-order valence-electron chi connectivity index (χ1n) is 5.72. The van der Waals surface area contributed by atoms with Crippen molar-refractivity contribution >= 4 is 42.2 Å². The first-order chi connectivity index (χ1) is 7.72. The Morgan fingerprint density at radius 1 is 1.11 bits per heavy atom. The average molecular weight is 312 g/mol. The maximum absolute atomic E-state index is 5.97. The molecule has 0 spiro atoms. The van der Waals surface area contributed by atoms with E-state index >= 15 is 0 Å². The van der Waals surface area contributed by atoms with Crippen molar-refractivity contribution in [2.45, 2.75) is 18.9 Å². The molecule has 2 atom stereocenters. The molecule has 2 aliphatic rings. The minimum atomic E-state index is 0. The van der Waals surface area contributed by atoms with Crippen LogP contribution >= 0.6 is 36.4 Å². The van der Waals surface area contributed by atoms with E-state index in [1.165, 1.54) is 0 Å². The van der Waals surface area contributed by atoms with E-state index in [2.05, 4.69) is 15.1 Å². The smallest absolute Gasteiger partial charge is 0.151 e. The Morgan fingerprint density at radius 3 is 2.22 bits per heavy atom. The number of halogens is 3. The third-order valence-corrected chi connectivity index (χ3v) is 3.93. The van der Waals surface area contributed by atoms with Gasteiger partial charge in [0.15, 0.2) is 11.0 Å². The number of rotatable bonds is 1. The van der Waals surface area contributed by atoms with Gasteiger partial charge in [-0.1, -0.05) is 11.6 Å². The van der Waals surface area contributed by atoms with E-state index < -0.39 is 0 Å². The third-order valence-electron chi connectivity index (χ3n) is 3.73. The number of fused-ring (bicyclic) bond motifs is 1. The highest BCUT2D eigenvalue weighted by Gasteiger charge is 2.39. The summed E-state index contributed by atoms with van der Waals surface area (Å²) in [6.45, 7) is 2.13. The van der Waals surface area contributed by atoms with E-state index in [-0.39, 0.29) is 24.8 Å². The second-order valence-corrected chi connectivity index (χ2v) is 5.26. The Morgan fingerprint density at radius 2 is 1.72 bits per heavy atom. The van der Waals surface area contributed by atoms with Crippen molar-refractivity contribution in [2.75, 3.05) is 18.0 Å². The van der Waals surface area contributed by atoms with E-state index in [4.69, 9.17) is 17.3 Å². The molecule has 0 unspecified atom stereocenters. The quantitative estimate of drug-likeness (QED) is 0.863. The van der Waals surface area contributed by atoms with Crippen LogP contribution in [-0.2, 0) is 0 Å². The van der Waals surface area contributed by atoms with Gasteiger partial charge in [-0.05, 0) is 36.8 Å². The molecule has 1 aromatic heterocycles. The van der Waals surface area contributed by atoms with Crippen LogP contribution in [0, 0.1) is 11.8 Å². The van der Waals surface area contributed by atoms with Gasteiger partial charge >= 0.3 is 0 Å². The van der Waals surface area contributed by atoms with Gasteiger partial charge in [-0.3, -0.25) is 0 Å². The van der Waals surface area contributed by atoms with Crippen LogP contribution in [0.4, 0.5) is 5.82 Å². The second kappa shape index (κ2) is 6.24. The van der Waals surface area contributed by atoms with E-state index in [0.29, 0.717) is 11.2 Å². The van der Waals surface area contributed by atoms with Gasteiger partial charge < -0.3 is 10.6 Å². The molecule has 0 radical (unpaired) electrons. The lowest BCUT2D eigenvalue weighted by Gasteiger charge is -2.18. The summed E-state index contributed by atoms with van der Waals surface area (Å²) in [5, 5.41) is 8.45. The van der Waals surface area contributed by atoms with E-state index in [9.17, 15) is 0 Å². The molecular formula is C11H17Cl3N4. The van der Waals surface area contributed by atoms with E-state index in [1.807, 2.05) is 6.07 Å².